The van der Waals surface area contributed by atoms with E-state index in [4.69, 9.17) is 0 Å². The maximum absolute atomic E-state index is 13.2. The fourth-order valence-corrected chi connectivity index (χ4v) is 1.43. The Morgan fingerprint density at radius 3 is 0.857 bits per heavy atom. The highest BCUT2D eigenvalue weighted by Crippen LogP contribution is 2.64. The lowest BCUT2D eigenvalue weighted by molar-refractivity contribution is -0.460. The number of rotatable bonds is 7. The van der Waals surface area contributed by atoms with Gasteiger partial charge in [0.25, 0.3) is 0 Å². The lowest BCUT2D eigenvalue weighted by Gasteiger charge is -2.42. The van der Waals surface area contributed by atoms with Gasteiger partial charge in [-0.3, -0.25) is 0 Å². The van der Waals surface area contributed by atoms with E-state index in [-0.39, 0.29) is 6.92 Å². The van der Waals surface area contributed by atoms with Crippen LogP contribution in [0.2, 0.25) is 0 Å². The third-order valence-corrected chi connectivity index (χ3v) is 3.26. The molecule has 0 saturated heterocycles. The molecule has 0 heterocycles. The van der Waals surface area contributed by atoms with Gasteiger partial charge in [-0.15, -0.1) is 0 Å². The van der Waals surface area contributed by atoms with Crippen LogP contribution in [0.1, 0.15) is 6.92 Å². The van der Waals surface area contributed by atoms with Crippen LogP contribution in [-0.4, -0.2) is 47.6 Å². The van der Waals surface area contributed by atoms with Crippen LogP contribution in [-0.2, 0) is 0 Å². The Morgan fingerprint density at radius 2 is 0.643 bits per heavy atom. The first-order chi connectivity index (χ1) is 11.7. The highest BCUT2D eigenvalue weighted by Gasteiger charge is 2.95. The summed E-state index contributed by atoms with van der Waals surface area (Å²) in [5.41, 5.74) is -2.39. The van der Waals surface area contributed by atoms with Gasteiger partial charge in [-0.25, -0.2) is 0 Å². The Morgan fingerprint density at radius 1 is 0.429 bits per heavy atom. The molecule has 0 atom stereocenters. The lowest BCUT2D eigenvalue weighted by atomic mass is 9.87. The standard InChI is InChI=1S/C11H5F17/c1-3(2)4(12,13)5(14,15)6(16,17)7(18,19)8(20,21)9(22,23)10(24,25)11(26,27)28/h1H2,2H3. The number of hydrogen-bond donors (Lipinski definition) is 0. The van der Waals surface area contributed by atoms with Gasteiger partial charge >= 0.3 is 47.6 Å². The lowest BCUT2D eigenvalue weighted by Crippen LogP contribution is -2.74. The van der Waals surface area contributed by atoms with Crippen molar-refractivity contribution in [3.8, 4) is 0 Å². The average Bonchev–Trinajstić information content (AvgIpc) is 2.44. The van der Waals surface area contributed by atoms with E-state index in [1.807, 2.05) is 6.58 Å². The average molecular weight is 460 g/mol. The first-order valence-electron chi connectivity index (χ1n) is 6.07. The Bertz CT molecular complexity index is 607. The van der Waals surface area contributed by atoms with Crippen molar-refractivity contribution in [1.82, 2.24) is 0 Å². The smallest absolute Gasteiger partial charge is 0.194 e. The second-order valence-corrected chi connectivity index (χ2v) is 5.30. The number of hydrogen-bond acceptors (Lipinski definition) is 0. The Kier molecular flexibility index (Phi) is 5.95. The van der Waals surface area contributed by atoms with Gasteiger partial charge in [0.15, 0.2) is 0 Å². The Hall–Kier alpha value is -1.45. The van der Waals surface area contributed by atoms with E-state index < -0.39 is 53.2 Å². The minimum absolute atomic E-state index is 0.216. The van der Waals surface area contributed by atoms with E-state index in [0.29, 0.717) is 0 Å². The zero-order valence-electron chi connectivity index (χ0n) is 12.6. The molecule has 0 unspecified atom stereocenters. The summed E-state index contributed by atoms with van der Waals surface area (Å²) in [7, 11) is 0. The molecule has 0 aromatic carbocycles. The van der Waals surface area contributed by atoms with Crippen molar-refractivity contribution in [3.05, 3.63) is 12.2 Å². The van der Waals surface area contributed by atoms with Crippen LogP contribution in [0, 0.1) is 0 Å². The van der Waals surface area contributed by atoms with E-state index in [0.717, 1.165) is 0 Å². The summed E-state index contributed by atoms with van der Waals surface area (Å²) in [4.78, 5) is 0. The molecule has 0 aliphatic rings. The molecule has 0 spiro atoms. The molecule has 168 valence electrons. The van der Waals surface area contributed by atoms with Gasteiger partial charge in [-0.05, 0) is 12.5 Å². The topological polar surface area (TPSA) is 0 Å². The molecule has 0 radical (unpaired) electrons. The van der Waals surface area contributed by atoms with Gasteiger partial charge in [0.2, 0.25) is 0 Å². The zero-order chi connectivity index (χ0) is 23.6. The summed E-state index contributed by atoms with van der Waals surface area (Å²) in [6.45, 7) is 1.74. The first-order valence-corrected chi connectivity index (χ1v) is 6.07. The van der Waals surface area contributed by atoms with Crippen LogP contribution in [0.25, 0.3) is 0 Å². The second-order valence-electron chi connectivity index (χ2n) is 5.30. The SMILES string of the molecule is C=C(C)C(F)(F)C(F)(F)C(F)(F)C(F)(F)C(F)(F)C(F)(F)C(F)(F)C(F)(F)F. The summed E-state index contributed by atoms with van der Waals surface area (Å²) >= 11 is 0. The fourth-order valence-electron chi connectivity index (χ4n) is 1.43. The molecule has 0 aromatic rings. The predicted octanol–water partition coefficient (Wildman–Crippen LogP) is 6.57. The van der Waals surface area contributed by atoms with E-state index in [9.17, 15) is 74.6 Å². The molecule has 0 aliphatic heterocycles. The van der Waals surface area contributed by atoms with Crippen LogP contribution in [0.3, 0.4) is 0 Å². The van der Waals surface area contributed by atoms with Gasteiger partial charge < -0.3 is 0 Å². The molecule has 0 bridgehead atoms. The molecular weight excluding hydrogens is 455 g/mol. The highest BCUT2D eigenvalue weighted by atomic mass is 19.4. The van der Waals surface area contributed by atoms with Crippen LogP contribution >= 0.6 is 0 Å². The molecule has 0 aliphatic carbocycles. The third kappa shape index (κ3) is 2.98. The molecule has 0 N–H and O–H groups in total. The molecule has 0 saturated carbocycles. The molecule has 0 rings (SSSR count). The van der Waals surface area contributed by atoms with Crippen molar-refractivity contribution < 1.29 is 74.6 Å². The quantitative estimate of drug-likeness (QED) is 0.298. The third-order valence-electron chi connectivity index (χ3n) is 3.26. The van der Waals surface area contributed by atoms with Crippen molar-refractivity contribution >= 4 is 0 Å². The van der Waals surface area contributed by atoms with Crippen LogP contribution in [0.15, 0.2) is 12.2 Å². The van der Waals surface area contributed by atoms with E-state index in [1.54, 1.807) is 0 Å². The van der Waals surface area contributed by atoms with Gasteiger partial charge in [0.1, 0.15) is 0 Å². The molecule has 17 heteroatoms. The molecule has 0 aromatic heterocycles. The minimum Gasteiger partial charge on any atom is -0.194 e. The zero-order valence-corrected chi connectivity index (χ0v) is 12.6. The normalized spacial score (nSPS) is 16.4. The number of halogens is 17. The maximum atomic E-state index is 13.2. The molecule has 28 heavy (non-hydrogen) atoms. The largest absolute Gasteiger partial charge is 0.460 e. The highest BCUT2D eigenvalue weighted by molar-refractivity contribution is 5.20. The molecule has 0 fully saturated rings. The summed E-state index contributed by atoms with van der Waals surface area (Å²) in [6.07, 6.45) is -7.75. The van der Waals surface area contributed by atoms with Gasteiger partial charge in [0.05, 0.1) is 0 Å². The van der Waals surface area contributed by atoms with Gasteiger partial charge in [0, 0.05) is 0 Å². The minimum atomic E-state index is -8.60. The molecule has 0 nitrogen and oxygen atoms in total. The van der Waals surface area contributed by atoms with Crippen LogP contribution < -0.4 is 0 Å². The van der Waals surface area contributed by atoms with E-state index in [2.05, 4.69) is 0 Å². The summed E-state index contributed by atoms with van der Waals surface area (Å²) in [6, 6.07) is 0. The summed E-state index contributed by atoms with van der Waals surface area (Å²) in [5, 5.41) is 0. The van der Waals surface area contributed by atoms with Crippen LogP contribution in [0.4, 0.5) is 74.6 Å². The van der Waals surface area contributed by atoms with Gasteiger partial charge in [-0.2, -0.15) is 74.6 Å². The molecule has 0 amide bonds. The van der Waals surface area contributed by atoms with Crippen molar-refractivity contribution in [2.75, 3.05) is 0 Å². The number of alkyl halides is 17. The summed E-state index contributed by atoms with van der Waals surface area (Å²) in [5.74, 6) is -56.2. The monoisotopic (exact) mass is 460 g/mol. The van der Waals surface area contributed by atoms with Crippen molar-refractivity contribution in [3.63, 3.8) is 0 Å². The Labute approximate surface area is 143 Å². The number of allylic oxidation sites excluding steroid dienone is 1. The molecular formula is C11H5F17. The van der Waals surface area contributed by atoms with Crippen molar-refractivity contribution in [1.29, 1.82) is 0 Å². The van der Waals surface area contributed by atoms with E-state index >= 15 is 0 Å². The van der Waals surface area contributed by atoms with Crippen molar-refractivity contribution in [2.45, 2.75) is 54.6 Å². The second kappa shape index (κ2) is 6.27. The summed E-state index contributed by atoms with van der Waals surface area (Å²) < 4.78 is 217. The maximum Gasteiger partial charge on any atom is 0.460 e. The Balaban J connectivity index is 6.76. The predicted molar refractivity (Wildman–Crippen MR) is 55.5 cm³/mol. The fraction of sp³-hybridized carbons (Fsp3) is 0.818. The van der Waals surface area contributed by atoms with E-state index in [1.165, 1.54) is 0 Å². The van der Waals surface area contributed by atoms with Crippen LogP contribution in [0.5, 0.6) is 0 Å². The van der Waals surface area contributed by atoms with Gasteiger partial charge in [-0.1, -0.05) is 6.58 Å². The van der Waals surface area contributed by atoms with Crippen molar-refractivity contribution in [2.24, 2.45) is 0 Å². The first kappa shape index (κ1) is 26.6.